The standard InChI is InChI=1S/C10H8ClNO6/c1-5(13)18-9-4-7(12(15)16)6(10(11)14)3-8(9)17-2/h3-4H,1-2H3. The Bertz CT molecular complexity index is 527. The zero-order valence-corrected chi connectivity index (χ0v) is 10.2. The Morgan fingerprint density at radius 1 is 1.33 bits per heavy atom. The Balaban J connectivity index is 3.45. The summed E-state index contributed by atoms with van der Waals surface area (Å²) in [7, 11) is 1.26. The van der Waals surface area contributed by atoms with E-state index in [4.69, 9.17) is 21.1 Å². The van der Waals surface area contributed by atoms with Crippen molar-refractivity contribution in [3.8, 4) is 11.5 Å². The minimum absolute atomic E-state index is 0.000185. The summed E-state index contributed by atoms with van der Waals surface area (Å²) < 4.78 is 9.60. The first kappa shape index (κ1) is 13.9. The average molecular weight is 274 g/mol. The topological polar surface area (TPSA) is 95.7 Å². The van der Waals surface area contributed by atoms with Crippen LogP contribution in [0.5, 0.6) is 11.5 Å². The highest BCUT2D eigenvalue weighted by atomic mass is 35.5. The van der Waals surface area contributed by atoms with Crippen LogP contribution < -0.4 is 9.47 Å². The van der Waals surface area contributed by atoms with Crippen LogP contribution in [0.2, 0.25) is 0 Å². The van der Waals surface area contributed by atoms with Gasteiger partial charge in [0, 0.05) is 13.0 Å². The van der Waals surface area contributed by atoms with Crippen molar-refractivity contribution in [3.05, 3.63) is 27.8 Å². The third-order valence-corrected chi connectivity index (χ3v) is 2.15. The van der Waals surface area contributed by atoms with Gasteiger partial charge in [0.1, 0.15) is 5.56 Å². The maximum Gasteiger partial charge on any atom is 0.308 e. The van der Waals surface area contributed by atoms with Gasteiger partial charge in [-0.1, -0.05) is 0 Å². The number of halogens is 1. The van der Waals surface area contributed by atoms with E-state index in [9.17, 15) is 19.7 Å². The van der Waals surface area contributed by atoms with E-state index in [0.717, 1.165) is 19.1 Å². The van der Waals surface area contributed by atoms with E-state index in [1.165, 1.54) is 7.11 Å². The Morgan fingerprint density at radius 2 is 1.94 bits per heavy atom. The van der Waals surface area contributed by atoms with Gasteiger partial charge in [0.05, 0.1) is 18.1 Å². The number of nitrogens with zero attached hydrogens (tertiary/aromatic N) is 1. The largest absolute Gasteiger partial charge is 0.493 e. The second kappa shape index (κ2) is 5.46. The molecule has 1 rings (SSSR count). The lowest BCUT2D eigenvalue weighted by molar-refractivity contribution is -0.385. The van der Waals surface area contributed by atoms with Crippen molar-refractivity contribution < 1.29 is 24.0 Å². The van der Waals surface area contributed by atoms with Crippen LogP contribution in [0.3, 0.4) is 0 Å². The van der Waals surface area contributed by atoms with Crippen molar-refractivity contribution in [3.63, 3.8) is 0 Å². The molecule has 0 saturated carbocycles. The molecule has 18 heavy (non-hydrogen) atoms. The normalized spacial score (nSPS) is 9.72. The zero-order valence-electron chi connectivity index (χ0n) is 9.43. The summed E-state index contributed by atoms with van der Waals surface area (Å²) in [6, 6.07) is 1.96. The molecule has 0 N–H and O–H groups in total. The molecule has 0 unspecified atom stereocenters. The number of ether oxygens (including phenoxy) is 2. The monoisotopic (exact) mass is 273 g/mol. The molecule has 0 spiro atoms. The number of methoxy groups -OCH3 is 1. The highest BCUT2D eigenvalue weighted by molar-refractivity contribution is 6.68. The number of carbonyl (C=O) groups is 2. The second-order valence-electron chi connectivity index (χ2n) is 3.14. The van der Waals surface area contributed by atoms with Crippen molar-refractivity contribution >= 4 is 28.5 Å². The third kappa shape index (κ3) is 2.95. The molecular weight excluding hydrogens is 266 g/mol. The van der Waals surface area contributed by atoms with Gasteiger partial charge in [-0.15, -0.1) is 0 Å². The maximum atomic E-state index is 11.1. The van der Waals surface area contributed by atoms with Gasteiger partial charge in [-0.05, 0) is 11.6 Å². The maximum absolute atomic E-state index is 11.1. The number of rotatable bonds is 4. The van der Waals surface area contributed by atoms with Crippen LogP contribution in [0.15, 0.2) is 12.1 Å². The third-order valence-electron chi connectivity index (χ3n) is 1.94. The van der Waals surface area contributed by atoms with E-state index in [1.54, 1.807) is 0 Å². The molecule has 0 radical (unpaired) electrons. The molecule has 0 atom stereocenters. The Morgan fingerprint density at radius 3 is 2.33 bits per heavy atom. The van der Waals surface area contributed by atoms with Crippen molar-refractivity contribution in [2.45, 2.75) is 6.92 Å². The average Bonchev–Trinajstić information content (AvgIpc) is 2.27. The van der Waals surface area contributed by atoms with Crippen LogP contribution in [-0.2, 0) is 4.79 Å². The quantitative estimate of drug-likeness (QED) is 0.273. The minimum Gasteiger partial charge on any atom is -0.493 e. The molecule has 0 aliphatic heterocycles. The van der Waals surface area contributed by atoms with Crippen LogP contribution >= 0.6 is 11.6 Å². The van der Waals surface area contributed by atoms with Crippen molar-refractivity contribution in [1.82, 2.24) is 0 Å². The molecule has 8 heteroatoms. The first-order chi connectivity index (χ1) is 8.36. The summed E-state index contributed by atoms with van der Waals surface area (Å²) in [5.41, 5.74) is -0.901. The number of carbonyl (C=O) groups excluding carboxylic acids is 2. The zero-order chi connectivity index (χ0) is 13.9. The van der Waals surface area contributed by atoms with Crippen molar-refractivity contribution in [1.29, 1.82) is 0 Å². The van der Waals surface area contributed by atoms with Crippen LogP contribution in [-0.4, -0.2) is 23.2 Å². The first-order valence-corrected chi connectivity index (χ1v) is 4.99. The van der Waals surface area contributed by atoms with E-state index in [2.05, 4.69) is 0 Å². The molecule has 0 fully saturated rings. The van der Waals surface area contributed by atoms with Crippen LogP contribution in [0.4, 0.5) is 5.69 Å². The summed E-state index contributed by atoms with van der Waals surface area (Å²) in [5, 5.41) is 9.77. The van der Waals surface area contributed by atoms with Gasteiger partial charge in [-0.25, -0.2) is 0 Å². The van der Waals surface area contributed by atoms with Gasteiger partial charge < -0.3 is 9.47 Å². The van der Waals surface area contributed by atoms with Gasteiger partial charge in [0.15, 0.2) is 11.5 Å². The lowest BCUT2D eigenvalue weighted by Crippen LogP contribution is -2.06. The van der Waals surface area contributed by atoms with Gasteiger partial charge in [-0.3, -0.25) is 19.7 Å². The summed E-state index contributed by atoms with van der Waals surface area (Å²) in [4.78, 5) is 31.9. The first-order valence-electron chi connectivity index (χ1n) is 4.61. The van der Waals surface area contributed by atoms with Crippen molar-refractivity contribution in [2.24, 2.45) is 0 Å². The number of hydrogen-bond acceptors (Lipinski definition) is 6. The molecule has 1 aromatic rings. The van der Waals surface area contributed by atoms with Gasteiger partial charge in [-0.2, -0.15) is 0 Å². The van der Waals surface area contributed by atoms with Gasteiger partial charge in [0.25, 0.3) is 10.9 Å². The molecule has 0 saturated heterocycles. The van der Waals surface area contributed by atoms with Gasteiger partial charge >= 0.3 is 5.97 Å². The molecule has 96 valence electrons. The number of nitro groups is 1. The second-order valence-corrected chi connectivity index (χ2v) is 3.49. The fraction of sp³-hybridized carbons (Fsp3) is 0.200. The number of hydrogen-bond donors (Lipinski definition) is 0. The fourth-order valence-electron chi connectivity index (χ4n) is 1.25. The molecule has 0 bridgehead atoms. The smallest absolute Gasteiger partial charge is 0.308 e. The number of nitro benzene ring substituents is 1. The highest BCUT2D eigenvalue weighted by Crippen LogP contribution is 2.35. The Kier molecular flexibility index (Phi) is 4.22. The number of benzene rings is 1. The molecule has 0 amide bonds. The van der Waals surface area contributed by atoms with E-state index >= 15 is 0 Å². The Hall–Kier alpha value is -2.15. The van der Waals surface area contributed by atoms with Crippen LogP contribution in [0, 0.1) is 10.1 Å². The molecule has 0 heterocycles. The van der Waals surface area contributed by atoms with E-state index in [0.29, 0.717) is 0 Å². The van der Waals surface area contributed by atoms with Gasteiger partial charge in [0.2, 0.25) is 0 Å². The minimum atomic E-state index is -1.01. The lowest BCUT2D eigenvalue weighted by Gasteiger charge is -2.09. The highest BCUT2D eigenvalue weighted by Gasteiger charge is 2.24. The molecule has 0 aliphatic carbocycles. The van der Waals surface area contributed by atoms with Crippen molar-refractivity contribution in [2.75, 3.05) is 7.11 Å². The summed E-state index contributed by atoms with van der Waals surface area (Å²) in [5.74, 6) is -0.828. The summed E-state index contributed by atoms with van der Waals surface area (Å²) >= 11 is 5.23. The van der Waals surface area contributed by atoms with E-state index in [1.807, 2.05) is 0 Å². The molecule has 1 aromatic carbocycles. The summed E-state index contributed by atoms with van der Waals surface area (Å²) in [6.07, 6.45) is 0. The fourth-order valence-corrected chi connectivity index (χ4v) is 1.40. The number of esters is 1. The van der Waals surface area contributed by atoms with Crippen LogP contribution in [0.25, 0.3) is 0 Å². The predicted molar refractivity (Wildman–Crippen MR) is 61.1 cm³/mol. The SMILES string of the molecule is COc1cc(C(=O)Cl)c([N+](=O)[O-])cc1OC(C)=O. The predicted octanol–water partition coefficient (Wildman–Crippen LogP) is 1.91. The lowest BCUT2D eigenvalue weighted by atomic mass is 10.1. The summed E-state index contributed by atoms with van der Waals surface area (Å²) in [6.45, 7) is 1.13. The van der Waals surface area contributed by atoms with E-state index in [-0.39, 0.29) is 17.1 Å². The molecular formula is C10H8ClNO6. The van der Waals surface area contributed by atoms with E-state index < -0.39 is 21.8 Å². The molecule has 0 aliphatic rings. The van der Waals surface area contributed by atoms with Crippen LogP contribution in [0.1, 0.15) is 17.3 Å². The molecule has 7 nitrogen and oxygen atoms in total. The molecule has 0 aromatic heterocycles. The Labute approximate surface area is 106 Å².